The Hall–Kier alpha value is -1.45. The van der Waals surface area contributed by atoms with Gasteiger partial charge in [-0.05, 0) is 12.8 Å². The third-order valence-electron chi connectivity index (χ3n) is 2.56. The number of ketones is 1. The Kier molecular flexibility index (Phi) is 1.76. The van der Waals surface area contributed by atoms with Crippen molar-refractivity contribution in [1.29, 1.82) is 0 Å². The molecular weight excluding hydrogens is 170 g/mol. The Morgan fingerprint density at radius 2 is 1.92 bits per heavy atom. The van der Waals surface area contributed by atoms with Crippen LogP contribution in [0.15, 0.2) is 22.9 Å². The van der Waals surface area contributed by atoms with Gasteiger partial charge in [0.1, 0.15) is 0 Å². The van der Waals surface area contributed by atoms with Crippen LogP contribution in [0.1, 0.15) is 25.7 Å². The molecule has 0 heterocycles. The summed E-state index contributed by atoms with van der Waals surface area (Å²) in [4.78, 5) is 21.3. The Bertz CT molecular complexity index is 352. The molecule has 0 aromatic heterocycles. The number of carbonyl (C=O) groups excluding carboxylic acids is 1. The standard InChI is InChI=1S/C9H9NO3/c11-9-4-2-6-1-3-7(10(12)13)5-8(6)9/h5H,1-4H2. The van der Waals surface area contributed by atoms with Crippen LogP contribution in [0, 0.1) is 10.1 Å². The predicted octanol–water partition coefficient (Wildman–Crippen LogP) is 1.60. The molecule has 0 radical (unpaired) electrons. The molecule has 2 aliphatic rings. The van der Waals surface area contributed by atoms with E-state index in [-0.39, 0.29) is 11.5 Å². The van der Waals surface area contributed by atoms with Gasteiger partial charge in [0.2, 0.25) is 5.70 Å². The van der Waals surface area contributed by atoms with Crippen molar-refractivity contribution >= 4 is 5.78 Å². The molecule has 0 unspecified atom stereocenters. The maximum absolute atomic E-state index is 11.3. The van der Waals surface area contributed by atoms with Gasteiger partial charge in [0, 0.05) is 24.5 Å². The van der Waals surface area contributed by atoms with E-state index in [4.69, 9.17) is 0 Å². The summed E-state index contributed by atoms with van der Waals surface area (Å²) in [7, 11) is 0. The molecule has 4 heteroatoms. The molecule has 0 atom stereocenters. The van der Waals surface area contributed by atoms with Crippen LogP contribution in [0.2, 0.25) is 0 Å². The summed E-state index contributed by atoms with van der Waals surface area (Å²) in [6.45, 7) is 0. The molecule has 0 aliphatic heterocycles. The molecule has 0 saturated heterocycles. The lowest BCUT2D eigenvalue weighted by Crippen LogP contribution is -2.06. The molecule has 0 spiro atoms. The second-order valence-corrected chi connectivity index (χ2v) is 3.33. The van der Waals surface area contributed by atoms with Crippen molar-refractivity contribution in [1.82, 2.24) is 0 Å². The smallest absolute Gasteiger partial charge is 0.247 e. The monoisotopic (exact) mass is 179 g/mol. The minimum absolute atomic E-state index is 0.0639. The van der Waals surface area contributed by atoms with Gasteiger partial charge in [0.05, 0.1) is 4.92 Å². The van der Waals surface area contributed by atoms with Gasteiger partial charge < -0.3 is 0 Å². The first kappa shape index (κ1) is 8.16. The molecule has 2 rings (SSSR count). The summed E-state index contributed by atoms with van der Waals surface area (Å²) >= 11 is 0. The fraction of sp³-hybridized carbons (Fsp3) is 0.444. The maximum Gasteiger partial charge on any atom is 0.247 e. The van der Waals surface area contributed by atoms with E-state index in [2.05, 4.69) is 0 Å². The van der Waals surface area contributed by atoms with Gasteiger partial charge in [-0.3, -0.25) is 14.9 Å². The minimum atomic E-state index is -0.393. The number of nitrogens with zero attached hydrogens (tertiary/aromatic N) is 1. The van der Waals surface area contributed by atoms with Crippen molar-refractivity contribution in [2.45, 2.75) is 25.7 Å². The Labute approximate surface area is 75.1 Å². The van der Waals surface area contributed by atoms with Crippen LogP contribution in [0.4, 0.5) is 0 Å². The number of allylic oxidation sites excluding steroid dienone is 4. The minimum Gasteiger partial charge on any atom is -0.294 e. The van der Waals surface area contributed by atoms with Crippen molar-refractivity contribution in [3.8, 4) is 0 Å². The van der Waals surface area contributed by atoms with Crippen molar-refractivity contribution in [2.24, 2.45) is 0 Å². The van der Waals surface area contributed by atoms with Crippen molar-refractivity contribution in [2.75, 3.05) is 0 Å². The van der Waals surface area contributed by atoms with Crippen LogP contribution in [-0.2, 0) is 4.79 Å². The van der Waals surface area contributed by atoms with Gasteiger partial charge in [-0.15, -0.1) is 0 Å². The van der Waals surface area contributed by atoms with E-state index in [0.717, 1.165) is 12.0 Å². The van der Waals surface area contributed by atoms with Crippen molar-refractivity contribution < 1.29 is 9.72 Å². The maximum atomic E-state index is 11.3. The van der Waals surface area contributed by atoms with Gasteiger partial charge >= 0.3 is 0 Å². The summed E-state index contributed by atoms with van der Waals surface area (Å²) in [6, 6.07) is 0. The lowest BCUT2D eigenvalue weighted by molar-refractivity contribution is -0.428. The zero-order valence-electron chi connectivity index (χ0n) is 7.08. The Balaban J connectivity index is 2.36. The van der Waals surface area contributed by atoms with E-state index in [1.807, 2.05) is 0 Å². The first-order valence-electron chi connectivity index (χ1n) is 4.28. The first-order chi connectivity index (χ1) is 6.18. The fourth-order valence-electron chi connectivity index (χ4n) is 1.83. The highest BCUT2D eigenvalue weighted by molar-refractivity contribution is 6.01. The van der Waals surface area contributed by atoms with Gasteiger partial charge in [-0.1, -0.05) is 5.57 Å². The Morgan fingerprint density at radius 1 is 1.23 bits per heavy atom. The van der Waals surface area contributed by atoms with Gasteiger partial charge in [0.15, 0.2) is 5.78 Å². The number of hydrogen-bond donors (Lipinski definition) is 0. The van der Waals surface area contributed by atoms with Crippen LogP contribution >= 0.6 is 0 Å². The zero-order valence-corrected chi connectivity index (χ0v) is 7.08. The number of rotatable bonds is 1. The number of carbonyl (C=O) groups is 1. The second-order valence-electron chi connectivity index (χ2n) is 3.33. The molecule has 68 valence electrons. The molecule has 0 amide bonds. The second kappa shape index (κ2) is 2.80. The highest BCUT2D eigenvalue weighted by Crippen LogP contribution is 2.33. The number of hydrogen-bond acceptors (Lipinski definition) is 3. The predicted molar refractivity (Wildman–Crippen MR) is 45.6 cm³/mol. The van der Waals surface area contributed by atoms with E-state index in [9.17, 15) is 14.9 Å². The molecule has 0 saturated carbocycles. The van der Waals surface area contributed by atoms with Gasteiger partial charge in [0.25, 0.3) is 0 Å². The van der Waals surface area contributed by atoms with Crippen LogP contribution in [0.5, 0.6) is 0 Å². The summed E-state index contributed by atoms with van der Waals surface area (Å²) in [5, 5.41) is 10.5. The van der Waals surface area contributed by atoms with Gasteiger partial charge in [-0.2, -0.15) is 0 Å². The first-order valence-corrected chi connectivity index (χ1v) is 4.28. The lowest BCUT2D eigenvalue weighted by atomic mass is 9.98. The molecule has 13 heavy (non-hydrogen) atoms. The van der Waals surface area contributed by atoms with E-state index in [1.54, 1.807) is 0 Å². The average Bonchev–Trinajstić information content (AvgIpc) is 2.47. The molecule has 2 aliphatic carbocycles. The highest BCUT2D eigenvalue weighted by Gasteiger charge is 2.28. The van der Waals surface area contributed by atoms with E-state index >= 15 is 0 Å². The largest absolute Gasteiger partial charge is 0.294 e. The summed E-state index contributed by atoms with van der Waals surface area (Å²) in [6.07, 6.45) is 3.95. The Morgan fingerprint density at radius 3 is 2.62 bits per heavy atom. The molecule has 0 fully saturated rings. The molecule has 0 aromatic rings. The summed E-state index contributed by atoms with van der Waals surface area (Å²) < 4.78 is 0. The van der Waals surface area contributed by atoms with E-state index in [0.29, 0.717) is 24.8 Å². The third-order valence-corrected chi connectivity index (χ3v) is 2.56. The van der Waals surface area contributed by atoms with E-state index < -0.39 is 4.92 Å². The molecule has 0 N–H and O–H groups in total. The molecular formula is C9H9NO3. The topological polar surface area (TPSA) is 60.2 Å². The molecule has 0 aromatic carbocycles. The zero-order chi connectivity index (χ0) is 9.42. The van der Waals surface area contributed by atoms with E-state index in [1.165, 1.54) is 6.08 Å². The highest BCUT2D eigenvalue weighted by atomic mass is 16.6. The van der Waals surface area contributed by atoms with Crippen molar-refractivity contribution in [3.63, 3.8) is 0 Å². The average molecular weight is 179 g/mol. The summed E-state index contributed by atoms with van der Waals surface area (Å²) in [5.41, 5.74) is 1.89. The van der Waals surface area contributed by atoms with Crippen LogP contribution in [0.25, 0.3) is 0 Å². The number of Topliss-reactive ketones (excluding diaryl/α,β-unsaturated/α-hetero) is 1. The van der Waals surface area contributed by atoms with Gasteiger partial charge in [-0.25, -0.2) is 0 Å². The molecule has 0 bridgehead atoms. The molecule has 4 nitrogen and oxygen atoms in total. The fourth-order valence-corrected chi connectivity index (χ4v) is 1.83. The third kappa shape index (κ3) is 1.28. The van der Waals surface area contributed by atoms with Crippen molar-refractivity contribution in [3.05, 3.63) is 33.0 Å². The quantitative estimate of drug-likeness (QED) is 0.453. The SMILES string of the molecule is O=C1CCC2=C1C=C([N+](=O)[O-])CC2. The van der Waals surface area contributed by atoms with Crippen LogP contribution in [0.3, 0.4) is 0 Å². The van der Waals surface area contributed by atoms with Crippen LogP contribution < -0.4 is 0 Å². The summed E-state index contributed by atoms with van der Waals surface area (Å²) in [5.74, 6) is 0.0639. The normalized spacial score (nSPS) is 21.5. The number of nitro groups is 1. The van der Waals surface area contributed by atoms with Crippen LogP contribution in [-0.4, -0.2) is 10.7 Å². The lowest BCUT2D eigenvalue weighted by Gasteiger charge is -2.07.